The fraction of sp³-hybridized carbons (Fsp3) is 0. The van der Waals surface area contributed by atoms with Crippen molar-refractivity contribution >= 4 is 6.40 Å². The molecule has 1 heterocycles. The van der Waals surface area contributed by atoms with E-state index >= 15 is 0 Å². The molecule has 0 amide bonds. The molecule has 6 heavy (non-hydrogen) atoms. The molecule has 1 rings (SSSR count). The van der Waals surface area contributed by atoms with Gasteiger partial charge in [0.15, 0.2) is 6.26 Å². The maximum Gasteiger partial charge on any atom is 0.402 e. The van der Waals surface area contributed by atoms with Crippen LogP contribution in [0.4, 0.5) is 0 Å². The van der Waals surface area contributed by atoms with Gasteiger partial charge in [0.25, 0.3) is 6.20 Å². The largest absolute Gasteiger partial charge is 1.00 e. The summed E-state index contributed by atoms with van der Waals surface area (Å²) >= 11 is 0. The highest BCUT2D eigenvalue weighted by atomic mass is 127. The van der Waals surface area contributed by atoms with Gasteiger partial charge in [-0.15, -0.1) is 0 Å². The lowest BCUT2D eigenvalue weighted by Crippen LogP contribution is -3.00. The highest BCUT2D eigenvalue weighted by Gasteiger charge is 1.89. The topological polar surface area (TPSA) is 23.3 Å². The van der Waals surface area contributed by atoms with Gasteiger partial charge >= 0.3 is 6.40 Å². The molecule has 0 saturated heterocycles. The van der Waals surface area contributed by atoms with Crippen LogP contribution in [0.15, 0.2) is 12.5 Å². The van der Waals surface area contributed by atoms with E-state index in [0.29, 0.717) is 0 Å². The number of hydrogen-bond acceptors (Lipinski definition) is 2. The van der Waals surface area contributed by atoms with Gasteiger partial charge in [-0.3, -0.25) is 0 Å². The maximum absolute atomic E-state index is 4.47. The first kappa shape index (κ1) is 5.94. The minimum absolute atomic E-state index is 0. The monoisotopic (exact) mass is 196 g/mol. The van der Waals surface area contributed by atoms with Gasteiger partial charge in [-0.1, -0.05) is 0 Å². The van der Waals surface area contributed by atoms with Gasteiger partial charge in [0.2, 0.25) is 0 Å². The van der Waals surface area contributed by atoms with E-state index in [9.17, 15) is 0 Å². The zero-order valence-electron chi connectivity index (χ0n) is 2.97. The van der Waals surface area contributed by atoms with E-state index in [1.54, 1.807) is 6.20 Å². The molecule has 33 valence electrons. The minimum Gasteiger partial charge on any atom is -1.00 e. The van der Waals surface area contributed by atoms with Crippen LogP contribution >= 0.6 is 0 Å². The molecule has 0 aliphatic carbocycles. The van der Waals surface area contributed by atoms with Gasteiger partial charge < -0.3 is 28.7 Å². The van der Waals surface area contributed by atoms with E-state index in [4.69, 9.17) is 0 Å². The Hall–Kier alpha value is -0.0600. The zero-order chi connectivity index (χ0) is 3.54. The Bertz CT molecular complexity index is 68.9. The molecule has 0 bridgehead atoms. The van der Waals surface area contributed by atoms with E-state index in [1.807, 2.05) is 0 Å². The molecular formula is C3H3INO. The fourth-order valence-electron chi connectivity index (χ4n) is 0.176. The lowest BCUT2D eigenvalue weighted by molar-refractivity contribution is -0.00000150. The first-order chi connectivity index (χ1) is 2.50. The highest BCUT2D eigenvalue weighted by molar-refractivity contribution is 5.48. The highest BCUT2D eigenvalue weighted by Crippen LogP contribution is 1.71. The molecule has 0 aromatic heterocycles. The van der Waals surface area contributed by atoms with Crippen molar-refractivity contribution < 1.29 is 28.7 Å². The van der Waals surface area contributed by atoms with Gasteiger partial charge in [0.05, 0.1) is 4.99 Å². The Balaban J connectivity index is 0.000000250. The Labute approximate surface area is 52.9 Å². The number of halogens is 1. The van der Waals surface area contributed by atoms with E-state index in [2.05, 4.69) is 9.73 Å². The third kappa shape index (κ3) is 1.40. The van der Waals surface area contributed by atoms with Crippen LogP contribution in [0.5, 0.6) is 0 Å². The number of rotatable bonds is 0. The summed E-state index contributed by atoms with van der Waals surface area (Å²) in [6, 6.07) is 0. The average molecular weight is 196 g/mol. The third-order valence-electron chi connectivity index (χ3n) is 0.347. The van der Waals surface area contributed by atoms with Crippen LogP contribution < -0.4 is 29.0 Å². The molecule has 0 unspecified atom stereocenters. The van der Waals surface area contributed by atoms with Crippen molar-refractivity contribution in [3.05, 3.63) is 12.5 Å². The Kier molecular flexibility index (Phi) is 3.11. The number of nitrogens with zero attached hydrogens (tertiary/aromatic N) is 1. The Morgan fingerprint density at radius 2 is 2.33 bits per heavy atom. The molecule has 0 aromatic carbocycles. The van der Waals surface area contributed by atoms with E-state index in [1.165, 1.54) is 12.7 Å². The van der Waals surface area contributed by atoms with E-state index in [0.717, 1.165) is 0 Å². The molecule has 0 fully saturated rings. The number of hydrogen-bond donors (Lipinski definition) is 0. The summed E-state index contributed by atoms with van der Waals surface area (Å²) in [6.45, 7) is 0. The molecule has 2 nitrogen and oxygen atoms in total. The van der Waals surface area contributed by atoms with Crippen LogP contribution in [0.2, 0.25) is 0 Å². The molecule has 0 spiro atoms. The predicted molar refractivity (Wildman–Crippen MR) is 18.4 cm³/mol. The summed E-state index contributed by atoms with van der Waals surface area (Å²) in [7, 11) is 0. The maximum atomic E-state index is 4.47. The summed E-state index contributed by atoms with van der Waals surface area (Å²) in [5, 5.41) is 0. The van der Waals surface area contributed by atoms with E-state index < -0.39 is 0 Å². The molecule has 0 atom stereocenters. The average Bonchev–Trinajstić information content (AvgIpc) is 1.76. The molecule has 1 aliphatic rings. The Morgan fingerprint density at radius 1 is 1.50 bits per heavy atom. The first-order valence-electron chi connectivity index (χ1n) is 1.32. The minimum atomic E-state index is 0. The normalized spacial score (nSPS) is 13.3. The summed E-state index contributed by atoms with van der Waals surface area (Å²) in [5.74, 6) is 0. The third-order valence-corrected chi connectivity index (χ3v) is 0.347. The van der Waals surface area contributed by atoms with Crippen molar-refractivity contribution in [3.8, 4) is 0 Å². The van der Waals surface area contributed by atoms with Crippen LogP contribution in [-0.4, -0.2) is 6.40 Å². The van der Waals surface area contributed by atoms with Crippen LogP contribution in [0.3, 0.4) is 0 Å². The molecule has 1 radical (unpaired) electrons. The van der Waals surface area contributed by atoms with E-state index in [-0.39, 0.29) is 24.0 Å². The molecule has 0 N–H and O–H groups in total. The van der Waals surface area contributed by atoms with Crippen molar-refractivity contribution in [2.45, 2.75) is 0 Å². The van der Waals surface area contributed by atoms with Crippen molar-refractivity contribution in [2.24, 2.45) is 0 Å². The van der Waals surface area contributed by atoms with Gasteiger partial charge in [-0.25, -0.2) is 0 Å². The SMILES string of the molecule is C1=COC=[N+]1.[I-]. The quantitative estimate of drug-likeness (QED) is 0.375. The number of ether oxygens (including phenoxy) is 1. The first-order valence-corrected chi connectivity index (χ1v) is 1.32. The van der Waals surface area contributed by atoms with Crippen LogP contribution in [-0.2, 0) is 4.74 Å². The summed E-state index contributed by atoms with van der Waals surface area (Å²) < 4.78 is 4.47. The second-order valence-electron chi connectivity index (χ2n) is 0.676. The molecule has 0 aromatic rings. The van der Waals surface area contributed by atoms with Gasteiger partial charge in [-0.05, 0) is 0 Å². The van der Waals surface area contributed by atoms with Gasteiger partial charge in [0, 0.05) is 0 Å². The van der Waals surface area contributed by atoms with Crippen LogP contribution in [0.25, 0.3) is 0 Å². The molecule has 1 aliphatic heterocycles. The lowest BCUT2D eigenvalue weighted by atomic mass is 11.0. The van der Waals surface area contributed by atoms with Gasteiger partial charge in [0.1, 0.15) is 0 Å². The lowest BCUT2D eigenvalue weighted by Gasteiger charge is -1.59. The fourth-order valence-corrected chi connectivity index (χ4v) is 0.176. The smallest absolute Gasteiger partial charge is 0.402 e. The van der Waals surface area contributed by atoms with Crippen LogP contribution in [0, 0.1) is 0 Å². The van der Waals surface area contributed by atoms with Crippen molar-refractivity contribution in [1.82, 2.24) is 4.99 Å². The van der Waals surface area contributed by atoms with Crippen molar-refractivity contribution in [1.29, 1.82) is 0 Å². The molecular weight excluding hydrogens is 193 g/mol. The van der Waals surface area contributed by atoms with Crippen LogP contribution in [0.1, 0.15) is 0 Å². The molecule has 0 saturated carbocycles. The van der Waals surface area contributed by atoms with Crippen molar-refractivity contribution in [2.75, 3.05) is 0 Å². The van der Waals surface area contributed by atoms with Crippen molar-refractivity contribution in [3.63, 3.8) is 0 Å². The zero-order valence-corrected chi connectivity index (χ0v) is 5.12. The summed E-state index contributed by atoms with van der Waals surface area (Å²) in [4.78, 5) is 3.56. The second-order valence-corrected chi connectivity index (χ2v) is 0.676. The summed E-state index contributed by atoms with van der Waals surface area (Å²) in [5.41, 5.74) is 0. The summed E-state index contributed by atoms with van der Waals surface area (Å²) in [6.07, 6.45) is 4.47. The van der Waals surface area contributed by atoms with Gasteiger partial charge in [-0.2, -0.15) is 0 Å². The molecule has 3 heteroatoms. The standard InChI is InChI=1S/C3H3NO.HI/c1-2-5-3-4-1;/h1-3H;1H/q+1;/p-1. The predicted octanol–water partition coefficient (Wildman–Crippen LogP) is -3.14. The number of aliphatic imine (C=N–C) groups is 1. The Morgan fingerprint density at radius 3 is 2.50 bits per heavy atom. The second kappa shape index (κ2) is 3.14.